The number of aromatic nitrogens is 2. The summed E-state index contributed by atoms with van der Waals surface area (Å²) in [5.41, 5.74) is -0.227. The van der Waals surface area contributed by atoms with Crippen LogP contribution in [0.25, 0.3) is 0 Å². The Morgan fingerprint density at radius 1 is 1.64 bits per heavy atom. The number of carboxylic acid groups (broad SMARTS) is 1. The standard InChI is InChI=1S/C6H4F3IN2O2/c7-6(8,9)2-12-4(10)3(1-11-12)5(13)14/h1H,2H2,(H,13,14). The highest BCUT2D eigenvalue weighted by atomic mass is 127. The van der Waals surface area contributed by atoms with Crippen LogP contribution in [0.15, 0.2) is 6.20 Å². The van der Waals surface area contributed by atoms with E-state index in [0.717, 1.165) is 6.20 Å². The van der Waals surface area contributed by atoms with Gasteiger partial charge in [0.05, 0.1) is 6.20 Å². The van der Waals surface area contributed by atoms with Gasteiger partial charge in [-0.05, 0) is 22.6 Å². The van der Waals surface area contributed by atoms with E-state index < -0.39 is 18.7 Å². The molecule has 1 rings (SSSR count). The Kier molecular flexibility index (Phi) is 3.02. The van der Waals surface area contributed by atoms with Crippen LogP contribution in [0.4, 0.5) is 13.2 Å². The number of hydrogen-bond acceptors (Lipinski definition) is 2. The molecule has 0 amide bonds. The zero-order chi connectivity index (χ0) is 10.9. The number of aromatic carboxylic acids is 1. The fourth-order valence-electron chi connectivity index (χ4n) is 0.794. The summed E-state index contributed by atoms with van der Waals surface area (Å²) in [6, 6.07) is 0. The second kappa shape index (κ2) is 3.75. The summed E-state index contributed by atoms with van der Waals surface area (Å²) in [5, 5.41) is 11.9. The van der Waals surface area contributed by atoms with Crippen LogP contribution in [0.2, 0.25) is 0 Å². The van der Waals surface area contributed by atoms with Gasteiger partial charge in [-0.2, -0.15) is 18.3 Å². The van der Waals surface area contributed by atoms with Gasteiger partial charge in [0.1, 0.15) is 15.8 Å². The summed E-state index contributed by atoms with van der Waals surface area (Å²) >= 11 is 1.51. The van der Waals surface area contributed by atoms with Crippen molar-refractivity contribution >= 4 is 28.6 Å². The van der Waals surface area contributed by atoms with Gasteiger partial charge in [0.15, 0.2) is 0 Å². The highest BCUT2D eigenvalue weighted by Crippen LogP contribution is 2.20. The molecule has 0 saturated carbocycles. The van der Waals surface area contributed by atoms with E-state index >= 15 is 0 Å². The van der Waals surface area contributed by atoms with E-state index in [1.807, 2.05) is 0 Å². The molecular weight excluding hydrogens is 316 g/mol. The number of alkyl halides is 3. The van der Waals surface area contributed by atoms with Gasteiger partial charge in [0.2, 0.25) is 0 Å². The average Bonchev–Trinajstić information content (AvgIpc) is 2.29. The molecule has 8 heteroatoms. The van der Waals surface area contributed by atoms with Crippen LogP contribution in [0.1, 0.15) is 10.4 Å². The maximum Gasteiger partial charge on any atom is 0.408 e. The first-order chi connectivity index (χ1) is 6.31. The predicted molar refractivity (Wildman–Crippen MR) is 48.0 cm³/mol. The number of carbonyl (C=O) groups is 1. The third-order valence-electron chi connectivity index (χ3n) is 1.33. The van der Waals surface area contributed by atoms with Crippen molar-refractivity contribution in [3.8, 4) is 0 Å². The molecule has 0 fully saturated rings. The lowest BCUT2D eigenvalue weighted by molar-refractivity contribution is -0.143. The Morgan fingerprint density at radius 2 is 2.21 bits per heavy atom. The van der Waals surface area contributed by atoms with Gasteiger partial charge < -0.3 is 5.11 Å². The molecule has 1 aromatic heterocycles. The van der Waals surface area contributed by atoms with Crippen LogP contribution in [-0.2, 0) is 6.54 Å². The van der Waals surface area contributed by atoms with Gasteiger partial charge >= 0.3 is 12.1 Å². The van der Waals surface area contributed by atoms with Crippen molar-refractivity contribution in [2.75, 3.05) is 0 Å². The summed E-state index contributed by atoms with van der Waals surface area (Å²) in [6.45, 7) is -1.28. The Hall–Kier alpha value is -0.800. The first-order valence-corrected chi connectivity index (χ1v) is 4.40. The molecule has 0 bridgehead atoms. The Balaban J connectivity index is 2.96. The van der Waals surface area contributed by atoms with Crippen LogP contribution in [0, 0.1) is 3.70 Å². The summed E-state index contributed by atoms with van der Waals surface area (Å²) < 4.78 is 36.3. The fraction of sp³-hybridized carbons (Fsp3) is 0.333. The zero-order valence-corrected chi connectivity index (χ0v) is 8.70. The van der Waals surface area contributed by atoms with E-state index in [1.54, 1.807) is 0 Å². The van der Waals surface area contributed by atoms with Gasteiger partial charge in [-0.1, -0.05) is 0 Å². The normalized spacial score (nSPS) is 11.7. The lowest BCUT2D eigenvalue weighted by Crippen LogP contribution is -2.20. The second-order valence-electron chi connectivity index (χ2n) is 2.43. The molecule has 78 valence electrons. The number of nitrogens with zero attached hydrogens (tertiary/aromatic N) is 2. The minimum Gasteiger partial charge on any atom is -0.478 e. The molecule has 1 aromatic rings. The van der Waals surface area contributed by atoms with Crippen molar-refractivity contribution in [3.63, 3.8) is 0 Å². The average molecular weight is 320 g/mol. The van der Waals surface area contributed by atoms with Crippen molar-refractivity contribution in [2.24, 2.45) is 0 Å². The van der Waals surface area contributed by atoms with E-state index in [2.05, 4.69) is 5.10 Å². The van der Waals surface area contributed by atoms with Gasteiger partial charge in [-0.15, -0.1) is 0 Å². The highest BCUT2D eigenvalue weighted by Gasteiger charge is 2.30. The first-order valence-electron chi connectivity index (χ1n) is 3.32. The Morgan fingerprint density at radius 3 is 2.57 bits per heavy atom. The predicted octanol–water partition coefficient (Wildman–Crippen LogP) is 1.75. The molecule has 4 nitrogen and oxygen atoms in total. The monoisotopic (exact) mass is 320 g/mol. The number of carboxylic acids is 1. The fourth-order valence-corrected chi connectivity index (χ4v) is 1.46. The van der Waals surface area contributed by atoms with Crippen LogP contribution >= 0.6 is 22.6 Å². The lowest BCUT2D eigenvalue weighted by Gasteiger charge is -2.06. The van der Waals surface area contributed by atoms with Gasteiger partial charge in [-0.25, -0.2) is 9.48 Å². The van der Waals surface area contributed by atoms with E-state index in [1.165, 1.54) is 22.6 Å². The van der Waals surface area contributed by atoms with E-state index in [0.29, 0.717) is 4.68 Å². The molecule has 0 spiro atoms. The Labute approximate surface area is 89.8 Å². The minimum atomic E-state index is -4.40. The van der Waals surface area contributed by atoms with Crippen LogP contribution < -0.4 is 0 Å². The topological polar surface area (TPSA) is 55.1 Å². The van der Waals surface area contributed by atoms with Crippen LogP contribution in [0.3, 0.4) is 0 Å². The van der Waals surface area contributed by atoms with Gasteiger partial charge in [0.25, 0.3) is 0 Å². The smallest absolute Gasteiger partial charge is 0.408 e. The molecule has 0 unspecified atom stereocenters. The summed E-state index contributed by atoms with van der Waals surface area (Å²) in [4.78, 5) is 10.5. The lowest BCUT2D eigenvalue weighted by atomic mass is 10.4. The maximum absolute atomic E-state index is 11.9. The molecule has 0 aromatic carbocycles. The second-order valence-corrected chi connectivity index (χ2v) is 3.45. The molecule has 0 aliphatic heterocycles. The van der Waals surface area contributed by atoms with Gasteiger partial charge in [0, 0.05) is 0 Å². The number of rotatable bonds is 2. The van der Waals surface area contributed by atoms with Crippen molar-refractivity contribution in [3.05, 3.63) is 15.5 Å². The SMILES string of the molecule is O=C(O)c1cnn(CC(F)(F)F)c1I. The van der Waals surface area contributed by atoms with Crippen molar-refractivity contribution < 1.29 is 23.1 Å². The third-order valence-corrected chi connectivity index (χ3v) is 2.47. The Bertz CT molecular complexity index is 360. The van der Waals surface area contributed by atoms with Crippen LogP contribution in [0.5, 0.6) is 0 Å². The molecule has 0 atom stereocenters. The van der Waals surface area contributed by atoms with Crippen molar-refractivity contribution in [1.29, 1.82) is 0 Å². The van der Waals surface area contributed by atoms with E-state index in [9.17, 15) is 18.0 Å². The largest absolute Gasteiger partial charge is 0.478 e. The number of halogens is 4. The summed E-state index contributed by atoms with van der Waals surface area (Å²) in [5.74, 6) is -1.29. The molecule has 0 aliphatic rings. The molecule has 0 radical (unpaired) electrons. The van der Waals surface area contributed by atoms with Gasteiger partial charge in [-0.3, -0.25) is 0 Å². The molecule has 1 N–H and O–H groups in total. The highest BCUT2D eigenvalue weighted by molar-refractivity contribution is 14.1. The summed E-state index contributed by atoms with van der Waals surface area (Å²) in [6.07, 6.45) is -3.50. The van der Waals surface area contributed by atoms with Crippen LogP contribution in [-0.4, -0.2) is 27.0 Å². The third kappa shape index (κ3) is 2.59. The zero-order valence-electron chi connectivity index (χ0n) is 6.55. The maximum atomic E-state index is 11.9. The van der Waals surface area contributed by atoms with E-state index in [4.69, 9.17) is 5.11 Å². The number of hydrogen-bond donors (Lipinski definition) is 1. The first kappa shape index (κ1) is 11.3. The summed E-state index contributed by atoms with van der Waals surface area (Å²) in [7, 11) is 0. The molecule has 1 heterocycles. The van der Waals surface area contributed by atoms with Crippen molar-refractivity contribution in [2.45, 2.75) is 12.7 Å². The van der Waals surface area contributed by atoms with E-state index in [-0.39, 0.29) is 9.26 Å². The molecule has 14 heavy (non-hydrogen) atoms. The quantitative estimate of drug-likeness (QED) is 0.845. The minimum absolute atomic E-state index is 0.0348. The molecule has 0 saturated heterocycles. The molecule has 0 aliphatic carbocycles. The van der Waals surface area contributed by atoms with Crippen molar-refractivity contribution in [1.82, 2.24) is 9.78 Å². The molecular formula is C6H4F3IN2O2.